The number of nitrogens with one attached hydrogen (secondary N) is 1. The fourth-order valence-electron chi connectivity index (χ4n) is 2.87. The molecule has 4 rings (SSSR count). The molecule has 146 valence electrons. The quantitative estimate of drug-likeness (QED) is 0.616. The Hall–Kier alpha value is -2.45. The molecule has 0 radical (unpaired) electrons. The molecule has 2 aromatic heterocycles. The molecular formula is C19H20ClN5O2S. The molecular weight excluding hydrogens is 398 g/mol. The van der Waals surface area contributed by atoms with E-state index in [2.05, 4.69) is 20.4 Å². The number of anilines is 2. The van der Waals surface area contributed by atoms with Crippen LogP contribution >= 0.6 is 11.6 Å². The molecule has 0 atom stereocenters. The van der Waals surface area contributed by atoms with Crippen molar-refractivity contribution in [2.75, 3.05) is 11.6 Å². The van der Waals surface area contributed by atoms with E-state index in [1.165, 1.54) is 6.26 Å². The van der Waals surface area contributed by atoms with E-state index in [9.17, 15) is 8.42 Å². The first-order chi connectivity index (χ1) is 13.2. The number of benzene rings is 1. The molecule has 1 aromatic carbocycles. The highest BCUT2D eigenvalue weighted by Crippen LogP contribution is 2.43. The number of rotatable bonds is 6. The average molecular weight is 418 g/mol. The average Bonchev–Trinajstić information content (AvgIpc) is 3.18. The lowest BCUT2D eigenvalue weighted by Gasteiger charge is -2.09. The number of alkyl halides is 1. The minimum atomic E-state index is -3.22. The number of sulfone groups is 1. The van der Waals surface area contributed by atoms with Crippen LogP contribution in [0.25, 0.3) is 11.3 Å². The van der Waals surface area contributed by atoms with Gasteiger partial charge in [-0.1, -0.05) is 0 Å². The Morgan fingerprint density at radius 2 is 1.93 bits per heavy atom. The maximum atomic E-state index is 11.6. The van der Waals surface area contributed by atoms with Crippen molar-refractivity contribution in [1.29, 1.82) is 0 Å². The number of nitrogens with zero attached hydrogens (tertiary/aromatic N) is 4. The lowest BCUT2D eigenvalue weighted by atomic mass is 10.1. The van der Waals surface area contributed by atoms with Crippen LogP contribution in [0, 0.1) is 6.92 Å². The van der Waals surface area contributed by atoms with Gasteiger partial charge in [0, 0.05) is 29.9 Å². The highest BCUT2D eigenvalue weighted by Gasteiger charge is 2.41. The molecule has 1 aliphatic carbocycles. The minimum absolute atomic E-state index is 0.144. The van der Waals surface area contributed by atoms with Gasteiger partial charge in [0.05, 0.1) is 28.2 Å². The molecule has 7 nitrogen and oxygen atoms in total. The predicted molar refractivity (Wildman–Crippen MR) is 109 cm³/mol. The van der Waals surface area contributed by atoms with Crippen LogP contribution in [-0.2, 0) is 16.4 Å². The Morgan fingerprint density at radius 3 is 2.57 bits per heavy atom. The maximum Gasteiger partial charge on any atom is 0.227 e. The summed E-state index contributed by atoms with van der Waals surface area (Å²) in [5.74, 6) is 0.427. The van der Waals surface area contributed by atoms with Crippen molar-refractivity contribution < 1.29 is 8.42 Å². The van der Waals surface area contributed by atoms with Gasteiger partial charge in [-0.25, -0.2) is 18.4 Å². The summed E-state index contributed by atoms with van der Waals surface area (Å²) in [5, 5.41) is 7.51. The monoisotopic (exact) mass is 417 g/mol. The second kappa shape index (κ2) is 6.86. The number of aryl methyl sites for hydroxylation is 1. The fraction of sp³-hybridized carbons (Fsp3) is 0.316. The Morgan fingerprint density at radius 1 is 1.21 bits per heavy atom. The third-order valence-electron chi connectivity index (χ3n) is 4.65. The molecule has 0 unspecified atom stereocenters. The van der Waals surface area contributed by atoms with E-state index in [0.717, 1.165) is 29.7 Å². The summed E-state index contributed by atoms with van der Waals surface area (Å²) in [5.41, 5.74) is 3.33. The number of hydrogen-bond acceptors (Lipinski definition) is 6. The first-order valence-electron chi connectivity index (χ1n) is 8.84. The van der Waals surface area contributed by atoms with Gasteiger partial charge in [0.2, 0.25) is 5.95 Å². The van der Waals surface area contributed by atoms with E-state index in [-0.39, 0.29) is 9.77 Å². The van der Waals surface area contributed by atoms with Crippen LogP contribution < -0.4 is 5.32 Å². The first kappa shape index (κ1) is 18.9. The van der Waals surface area contributed by atoms with Gasteiger partial charge < -0.3 is 5.32 Å². The molecule has 2 heterocycles. The van der Waals surface area contributed by atoms with Gasteiger partial charge in [0.25, 0.3) is 0 Å². The topological polar surface area (TPSA) is 89.8 Å². The lowest BCUT2D eigenvalue weighted by Crippen LogP contribution is -2.11. The van der Waals surface area contributed by atoms with Gasteiger partial charge in [-0.2, -0.15) is 5.10 Å². The highest BCUT2D eigenvalue weighted by molar-refractivity contribution is 7.90. The minimum Gasteiger partial charge on any atom is -0.324 e. The number of halogens is 1. The van der Waals surface area contributed by atoms with Gasteiger partial charge in [-0.3, -0.25) is 4.68 Å². The predicted octanol–water partition coefficient (Wildman–Crippen LogP) is 3.57. The summed E-state index contributed by atoms with van der Waals surface area (Å²) in [6, 6.07) is 6.48. The first-order valence-corrected chi connectivity index (χ1v) is 11.1. The SMILES string of the molecule is Cc1cnc(Nc2ccc(S(C)(=O)=O)cc2)nc1-c1cnn(CC2(Cl)CC2)c1. The molecule has 1 fully saturated rings. The second-order valence-electron chi connectivity index (χ2n) is 7.22. The largest absolute Gasteiger partial charge is 0.324 e. The highest BCUT2D eigenvalue weighted by atomic mass is 35.5. The van der Waals surface area contributed by atoms with Gasteiger partial charge in [0.1, 0.15) is 0 Å². The zero-order chi connectivity index (χ0) is 19.9. The van der Waals surface area contributed by atoms with Crippen molar-refractivity contribution in [3.63, 3.8) is 0 Å². The molecule has 0 saturated heterocycles. The number of hydrogen-bond donors (Lipinski definition) is 1. The van der Waals surface area contributed by atoms with Gasteiger partial charge >= 0.3 is 0 Å². The van der Waals surface area contributed by atoms with Crippen LogP contribution in [-0.4, -0.2) is 39.3 Å². The van der Waals surface area contributed by atoms with Crippen LogP contribution in [0.4, 0.5) is 11.6 Å². The van der Waals surface area contributed by atoms with E-state index in [4.69, 9.17) is 11.6 Å². The van der Waals surface area contributed by atoms with Crippen LogP contribution in [0.2, 0.25) is 0 Å². The standard InChI is InChI=1S/C19H20ClN5O2S/c1-13-9-21-18(23-15-3-5-16(6-4-15)28(2,26)27)24-17(13)14-10-22-25(11-14)12-19(20)7-8-19/h3-6,9-11H,7-8,12H2,1-2H3,(H,21,23,24). The van der Waals surface area contributed by atoms with Gasteiger partial charge in [0.15, 0.2) is 9.84 Å². The van der Waals surface area contributed by atoms with Crippen molar-refractivity contribution in [3.05, 3.63) is 48.4 Å². The van der Waals surface area contributed by atoms with Crippen LogP contribution in [0.1, 0.15) is 18.4 Å². The van der Waals surface area contributed by atoms with Crippen molar-refractivity contribution in [1.82, 2.24) is 19.7 Å². The van der Waals surface area contributed by atoms with Crippen molar-refractivity contribution in [2.24, 2.45) is 0 Å². The Labute approximate surface area is 168 Å². The third kappa shape index (κ3) is 4.18. The van der Waals surface area contributed by atoms with E-state index in [0.29, 0.717) is 18.2 Å². The zero-order valence-corrected chi connectivity index (χ0v) is 17.1. The molecule has 3 aromatic rings. The van der Waals surface area contributed by atoms with E-state index < -0.39 is 9.84 Å². The van der Waals surface area contributed by atoms with Gasteiger partial charge in [-0.05, 0) is 49.6 Å². The summed E-state index contributed by atoms with van der Waals surface area (Å²) in [4.78, 5) is 9.05. The number of aromatic nitrogens is 4. The van der Waals surface area contributed by atoms with Crippen molar-refractivity contribution in [2.45, 2.75) is 36.1 Å². The second-order valence-corrected chi connectivity index (χ2v) is 10.0. The smallest absolute Gasteiger partial charge is 0.227 e. The fourth-order valence-corrected chi connectivity index (χ4v) is 3.71. The molecule has 0 aliphatic heterocycles. The van der Waals surface area contributed by atoms with E-state index in [1.807, 2.05) is 17.8 Å². The molecule has 0 spiro atoms. The Balaban J connectivity index is 1.55. The zero-order valence-electron chi connectivity index (χ0n) is 15.6. The molecule has 28 heavy (non-hydrogen) atoms. The molecule has 0 amide bonds. The summed E-state index contributed by atoms with van der Waals surface area (Å²) < 4.78 is 25.0. The van der Waals surface area contributed by atoms with Crippen LogP contribution in [0.3, 0.4) is 0 Å². The summed E-state index contributed by atoms with van der Waals surface area (Å²) in [6.07, 6.45) is 8.69. The Bertz CT molecular complexity index is 1120. The molecule has 0 bridgehead atoms. The third-order valence-corrected chi connectivity index (χ3v) is 6.28. The Kier molecular flexibility index (Phi) is 4.63. The van der Waals surface area contributed by atoms with Crippen LogP contribution in [0.5, 0.6) is 0 Å². The summed E-state index contributed by atoms with van der Waals surface area (Å²) >= 11 is 6.39. The summed E-state index contributed by atoms with van der Waals surface area (Å²) in [7, 11) is -3.22. The molecule has 1 saturated carbocycles. The lowest BCUT2D eigenvalue weighted by molar-refractivity contribution is 0.583. The normalized spacial score (nSPS) is 15.4. The summed E-state index contributed by atoms with van der Waals surface area (Å²) in [6.45, 7) is 2.64. The van der Waals surface area contributed by atoms with Crippen LogP contribution in [0.15, 0.2) is 47.8 Å². The van der Waals surface area contributed by atoms with Crippen molar-refractivity contribution >= 4 is 33.1 Å². The van der Waals surface area contributed by atoms with E-state index >= 15 is 0 Å². The van der Waals surface area contributed by atoms with Crippen molar-refractivity contribution in [3.8, 4) is 11.3 Å². The molecule has 9 heteroatoms. The van der Waals surface area contributed by atoms with E-state index in [1.54, 1.807) is 36.7 Å². The maximum absolute atomic E-state index is 11.6. The van der Waals surface area contributed by atoms with Gasteiger partial charge in [-0.15, -0.1) is 11.6 Å². The molecule has 1 aliphatic rings. The molecule has 1 N–H and O–H groups in total.